The first-order valence-corrected chi connectivity index (χ1v) is 10.8. The highest BCUT2D eigenvalue weighted by Crippen LogP contribution is 2.23. The van der Waals surface area contributed by atoms with Crippen LogP contribution in [0.3, 0.4) is 0 Å². The molecule has 1 saturated heterocycles. The van der Waals surface area contributed by atoms with E-state index in [1.165, 1.54) is 6.92 Å². The second-order valence-corrected chi connectivity index (χ2v) is 8.19. The summed E-state index contributed by atoms with van der Waals surface area (Å²) in [6.07, 6.45) is 1.53. The molecule has 1 aromatic heterocycles. The zero-order chi connectivity index (χ0) is 22.5. The normalized spacial score (nSPS) is 14.8. The number of aromatic nitrogens is 2. The van der Waals surface area contributed by atoms with Crippen LogP contribution in [-0.4, -0.2) is 39.9 Å². The van der Waals surface area contributed by atoms with Crippen molar-refractivity contribution in [1.82, 2.24) is 15.0 Å². The Bertz CT molecular complexity index is 1100. The third kappa shape index (κ3) is 5.59. The largest absolute Gasteiger partial charge is 0.334 e. The third-order valence-electron chi connectivity index (χ3n) is 5.51. The minimum Gasteiger partial charge on any atom is -0.334 e. The summed E-state index contributed by atoms with van der Waals surface area (Å²) in [7, 11) is 0. The first-order valence-electron chi connectivity index (χ1n) is 10.8. The van der Waals surface area contributed by atoms with Gasteiger partial charge in [0.1, 0.15) is 0 Å². The van der Waals surface area contributed by atoms with E-state index in [1.807, 2.05) is 37.3 Å². The maximum Gasteiger partial charge on any atom is 0.257 e. The number of likely N-dealkylation sites (tertiary alicyclic amines) is 1. The summed E-state index contributed by atoms with van der Waals surface area (Å²) >= 11 is 0. The van der Waals surface area contributed by atoms with Gasteiger partial charge in [0.15, 0.2) is 5.82 Å². The van der Waals surface area contributed by atoms with Crippen molar-refractivity contribution in [3.63, 3.8) is 0 Å². The molecule has 1 aliphatic rings. The lowest BCUT2D eigenvalue weighted by atomic mass is 9.96. The van der Waals surface area contributed by atoms with E-state index in [0.29, 0.717) is 29.6 Å². The van der Waals surface area contributed by atoms with Crippen molar-refractivity contribution < 1.29 is 14.1 Å². The van der Waals surface area contributed by atoms with Crippen LogP contribution in [-0.2, 0) is 16.1 Å². The number of hydrogen-bond donors (Lipinski definition) is 2. The molecule has 0 saturated carbocycles. The summed E-state index contributed by atoms with van der Waals surface area (Å²) in [5, 5.41) is 9.81. The molecule has 2 aromatic carbocycles. The van der Waals surface area contributed by atoms with Gasteiger partial charge in [0, 0.05) is 29.8 Å². The van der Waals surface area contributed by atoms with Crippen LogP contribution in [0.4, 0.5) is 11.4 Å². The molecule has 0 aliphatic carbocycles. The van der Waals surface area contributed by atoms with E-state index in [1.54, 1.807) is 18.2 Å². The number of benzene rings is 2. The van der Waals surface area contributed by atoms with Crippen molar-refractivity contribution in [2.75, 3.05) is 23.7 Å². The monoisotopic (exact) mass is 433 g/mol. The molecule has 32 heavy (non-hydrogen) atoms. The van der Waals surface area contributed by atoms with Crippen LogP contribution in [0.15, 0.2) is 53.1 Å². The average Bonchev–Trinajstić information content (AvgIpc) is 3.22. The van der Waals surface area contributed by atoms with Gasteiger partial charge in [-0.25, -0.2) is 0 Å². The smallest absolute Gasteiger partial charge is 0.257 e. The number of carbonyl (C=O) groups excluding carboxylic acids is 2. The Morgan fingerprint density at radius 3 is 2.50 bits per heavy atom. The lowest BCUT2D eigenvalue weighted by molar-refractivity contribution is -0.121. The Morgan fingerprint density at radius 1 is 1.06 bits per heavy atom. The number of hydrogen-bond acceptors (Lipinski definition) is 6. The van der Waals surface area contributed by atoms with Crippen LogP contribution < -0.4 is 10.6 Å². The van der Waals surface area contributed by atoms with E-state index in [2.05, 4.69) is 25.7 Å². The van der Waals surface area contributed by atoms with Crippen molar-refractivity contribution in [3.8, 4) is 11.5 Å². The molecule has 0 atom stereocenters. The fourth-order valence-corrected chi connectivity index (χ4v) is 3.89. The van der Waals surface area contributed by atoms with Gasteiger partial charge in [0.05, 0.1) is 6.54 Å². The maximum atomic E-state index is 12.7. The minimum absolute atomic E-state index is 0.00548. The summed E-state index contributed by atoms with van der Waals surface area (Å²) in [6, 6.07) is 15.2. The summed E-state index contributed by atoms with van der Waals surface area (Å²) in [5.74, 6) is 0.988. The zero-order valence-electron chi connectivity index (χ0n) is 18.3. The molecule has 166 valence electrons. The number of aryl methyl sites for hydroxylation is 1. The number of piperidine rings is 1. The van der Waals surface area contributed by atoms with Crippen molar-refractivity contribution in [1.29, 1.82) is 0 Å². The zero-order valence-corrected chi connectivity index (χ0v) is 18.3. The summed E-state index contributed by atoms with van der Waals surface area (Å²) in [5.41, 5.74) is 3.40. The van der Waals surface area contributed by atoms with Crippen LogP contribution in [0.5, 0.6) is 0 Å². The van der Waals surface area contributed by atoms with Crippen molar-refractivity contribution in [2.24, 2.45) is 5.92 Å². The Hall–Kier alpha value is -3.52. The van der Waals surface area contributed by atoms with Crippen molar-refractivity contribution >= 4 is 23.2 Å². The molecule has 0 unspecified atom stereocenters. The molecular weight excluding hydrogens is 406 g/mol. The first kappa shape index (κ1) is 21.7. The standard InChI is InChI=1S/C24H27N5O3/c1-16-5-3-6-19(13-16)24-27-22(28-32-24)15-29-11-9-18(10-12-29)23(31)26-21-8-4-7-20(14-21)25-17(2)30/h3-8,13-14,18H,9-12,15H2,1-2H3,(H,25,30)(H,26,31). The Balaban J connectivity index is 1.28. The first-order chi connectivity index (χ1) is 15.5. The predicted octanol–water partition coefficient (Wildman–Crippen LogP) is 3.85. The highest BCUT2D eigenvalue weighted by Gasteiger charge is 2.26. The number of rotatable bonds is 6. The van der Waals surface area contributed by atoms with Gasteiger partial charge in [-0.05, 0) is 63.2 Å². The molecule has 2 N–H and O–H groups in total. The van der Waals surface area contributed by atoms with Gasteiger partial charge in [0.2, 0.25) is 11.8 Å². The molecule has 8 nitrogen and oxygen atoms in total. The van der Waals surface area contributed by atoms with E-state index >= 15 is 0 Å². The van der Waals surface area contributed by atoms with Gasteiger partial charge < -0.3 is 15.2 Å². The van der Waals surface area contributed by atoms with Gasteiger partial charge in [-0.1, -0.05) is 28.9 Å². The van der Waals surface area contributed by atoms with Crippen molar-refractivity contribution in [2.45, 2.75) is 33.2 Å². The number of amides is 2. The second-order valence-electron chi connectivity index (χ2n) is 8.19. The minimum atomic E-state index is -0.145. The summed E-state index contributed by atoms with van der Waals surface area (Å²) in [6.45, 7) is 5.66. The quantitative estimate of drug-likeness (QED) is 0.612. The third-order valence-corrected chi connectivity index (χ3v) is 5.51. The lowest BCUT2D eigenvalue weighted by Crippen LogP contribution is -2.38. The van der Waals surface area contributed by atoms with Gasteiger partial charge in [-0.3, -0.25) is 14.5 Å². The SMILES string of the molecule is CC(=O)Nc1cccc(NC(=O)C2CCN(Cc3noc(-c4cccc(C)c4)n3)CC2)c1. The van der Waals surface area contributed by atoms with Crippen LogP contribution in [0.1, 0.15) is 31.2 Å². The van der Waals surface area contributed by atoms with Crippen LogP contribution in [0.2, 0.25) is 0 Å². The fraction of sp³-hybridized carbons (Fsp3) is 0.333. The van der Waals surface area contributed by atoms with Gasteiger partial charge in [-0.15, -0.1) is 0 Å². The molecule has 0 radical (unpaired) electrons. The summed E-state index contributed by atoms with van der Waals surface area (Å²) in [4.78, 5) is 30.7. The average molecular weight is 434 g/mol. The van der Waals surface area contributed by atoms with E-state index in [0.717, 1.165) is 37.1 Å². The molecule has 0 spiro atoms. The Labute approximate surface area is 187 Å². The van der Waals surface area contributed by atoms with E-state index in [4.69, 9.17) is 4.52 Å². The molecule has 4 rings (SSSR count). The summed E-state index contributed by atoms with van der Waals surface area (Å²) < 4.78 is 5.43. The van der Waals surface area contributed by atoms with Crippen LogP contribution >= 0.6 is 0 Å². The van der Waals surface area contributed by atoms with E-state index in [9.17, 15) is 9.59 Å². The number of nitrogens with one attached hydrogen (secondary N) is 2. The fourth-order valence-electron chi connectivity index (χ4n) is 3.89. The Morgan fingerprint density at radius 2 is 1.78 bits per heavy atom. The lowest BCUT2D eigenvalue weighted by Gasteiger charge is -2.30. The molecule has 1 aliphatic heterocycles. The highest BCUT2D eigenvalue weighted by atomic mass is 16.5. The number of nitrogens with zero attached hydrogens (tertiary/aromatic N) is 3. The molecule has 2 heterocycles. The van der Waals surface area contributed by atoms with Gasteiger partial charge >= 0.3 is 0 Å². The molecule has 3 aromatic rings. The predicted molar refractivity (Wildman–Crippen MR) is 122 cm³/mol. The molecule has 0 bridgehead atoms. The molecule has 8 heteroatoms. The van der Waals surface area contributed by atoms with E-state index < -0.39 is 0 Å². The number of carbonyl (C=O) groups is 2. The molecule has 2 amide bonds. The van der Waals surface area contributed by atoms with Crippen LogP contribution in [0.25, 0.3) is 11.5 Å². The molecular formula is C24H27N5O3. The van der Waals surface area contributed by atoms with Gasteiger partial charge in [-0.2, -0.15) is 4.98 Å². The topological polar surface area (TPSA) is 100 Å². The highest BCUT2D eigenvalue weighted by molar-refractivity contribution is 5.94. The molecule has 1 fully saturated rings. The van der Waals surface area contributed by atoms with Crippen LogP contribution in [0, 0.1) is 12.8 Å². The van der Waals surface area contributed by atoms with E-state index in [-0.39, 0.29) is 17.7 Å². The number of anilines is 2. The maximum absolute atomic E-state index is 12.7. The Kier molecular flexibility index (Phi) is 6.61. The second kappa shape index (κ2) is 9.74. The van der Waals surface area contributed by atoms with Crippen molar-refractivity contribution in [3.05, 3.63) is 59.9 Å². The van der Waals surface area contributed by atoms with Gasteiger partial charge in [0.25, 0.3) is 5.89 Å².